The summed E-state index contributed by atoms with van der Waals surface area (Å²) < 4.78 is 7.21. The van der Waals surface area contributed by atoms with E-state index in [2.05, 4.69) is 28.7 Å². The molecule has 4 nitrogen and oxygen atoms in total. The minimum atomic E-state index is 0.434. The third-order valence-electron chi connectivity index (χ3n) is 3.28. The fraction of sp³-hybridized carbons (Fsp3) is 0.750. The van der Waals surface area contributed by atoms with Crippen LogP contribution in [0, 0.1) is 5.41 Å². The van der Waals surface area contributed by atoms with Crippen molar-refractivity contribution < 1.29 is 4.74 Å². The zero-order valence-corrected chi connectivity index (χ0v) is 10.4. The van der Waals surface area contributed by atoms with Crippen LogP contribution in [0.1, 0.15) is 26.7 Å². The summed E-state index contributed by atoms with van der Waals surface area (Å²) >= 11 is 0. The lowest BCUT2D eigenvalue weighted by atomic mass is 10.2. The summed E-state index contributed by atoms with van der Waals surface area (Å²) in [7, 11) is 1.74. The summed E-state index contributed by atoms with van der Waals surface area (Å²) in [5, 5.41) is 3.49. The van der Waals surface area contributed by atoms with E-state index >= 15 is 0 Å². The quantitative estimate of drug-likeness (QED) is 0.751. The van der Waals surface area contributed by atoms with Crippen molar-refractivity contribution in [3.8, 4) is 0 Å². The molecule has 1 atom stereocenters. The zero-order chi connectivity index (χ0) is 11.6. The highest BCUT2D eigenvalue weighted by Crippen LogP contribution is 2.46. The van der Waals surface area contributed by atoms with Crippen LogP contribution in [0.5, 0.6) is 0 Å². The fourth-order valence-electron chi connectivity index (χ4n) is 1.88. The number of nitrogens with zero attached hydrogens (tertiary/aromatic N) is 2. The number of rotatable bonds is 6. The fourth-order valence-corrected chi connectivity index (χ4v) is 1.88. The molecule has 1 fully saturated rings. The van der Waals surface area contributed by atoms with Crippen LogP contribution >= 0.6 is 0 Å². The van der Waals surface area contributed by atoms with Gasteiger partial charge < -0.3 is 14.6 Å². The van der Waals surface area contributed by atoms with Gasteiger partial charge in [0.15, 0.2) is 0 Å². The van der Waals surface area contributed by atoms with Crippen LogP contribution in [0.25, 0.3) is 0 Å². The van der Waals surface area contributed by atoms with Crippen LogP contribution in [-0.4, -0.2) is 29.3 Å². The lowest BCUT2D eigenvalue weighted by Crippen LogP contribution is -2.13. The second-order valence-corrected chi connectivity index (χ2v) is 5.18. The van der Waals surface area contributed by atoms with Crippen LogP contribution in [0.3, 0.4) is 0 Å². The molecule has 0 bridgehead atoms. The highest BCUT2D eigenvalue weighted by Gasteiger charge is 2.46. The normalized spacial score (nSPS) is 22.1. The van der Waals surface area contributed by atoms with Crippen molar-refractivity contribution in [3.05, 3.63) is 12.4 Å². The Morgan fingerprint density at radius 1 is 1.62 bits per heavy atom. The molecule has 1 aromatic heterocycles. The van der Waals surface area contributed by atoms with E-state index in [1.54, 1.807) is 7.11 Å². The highest BCUT2D eigenvalue weighted by atomic mass is 16.5. The molecule has 1 saturated carbocycles. The van der Waals surface area contributed by atoms with Crippen molar-refractivity contribution in [2.45, 2.75) is 39.3 Å². The average molecular weight is 223 g/mol. The first-order chi connectivity index (χ1) is 7.63. The van der Waals surface area contributed by atoms with Gasteiger partial charge in [-0.05, 0) is 18.3 Å². The lowest BCUT2D eigenvalue weighted by Gasteiger charge is -2.10. The maximum atomic E-state index is 5.05. The van der Waals surface area contributed by atoms with Gasteiger partial charge in [-0.2, -0.15) is 0 Å². The number of aromatic nitrogens is 2. The van der Waals surface area contributed by atoms with E-state index in [4.69, 9.17) is 4.74 Å². The average Bonchev–Trinajstić information content (AvgIpc) is 2.63. The second kappa shape index (κ2) is 4.45. The van der Waals surface area contributed by atoms with E-state index in [0.29, 0.717) is 11.5 Å². The summed E-state index contributed by atoms with van der Waals surface area (Å²) in [5.74, 6) is 0.992. The van der Waals surface area contributed by atoms with Crippen molar-refractivity contribution in [1.82, 2.24) is 9.55 Å². The number of ether oxygens (including phenoxy) is 1. The highest BCUT2D eigenvalue weighted by molar-refractivity contribution is 5.32. The van der Waals surface area contributed by atoms with Gasteiger partial charge in [-0.15, -0.1) is 0 Å². The van der Waals surface area contributed by atoms with Crippen LogP contribution in [0.4, 0.5) is 5.95 Å². The Balaban J connectivity index is 1.87. The molecule has 1 N–H and O–H groups in total. The van der Waals surface area contributed by atoms with Crippen LogP contribution in [0.2, 0.25) is 0 Å². The molecular weight excluding hydrogens is 202 g/mol. The van der Waals surface area contributed by atoms with Gasteiger partial charge in [0.1, 0.15) is 0 Å². The molecule has 0 saturated heterocycles. The maximum Gasteiger partial charge on any atom is 0.203 e. The molecule has 4 heteroatoms. The van der Waals surface area contributed by atoms with E-state index in [-0.39, 0.29) is 0 Å². The molecule has 2 rings (SSSR count). The molecule has 0 radical (unpaired) electrons. The summed E-state index contributed by atoms with van der Waals surface area (Å²) in [6.07, 6.45) is 6.13. The minimum absolute atomic E-state index is 0.434. The number of anilines is 1. The molecule has 0 aromatic carbocycles. The molecular formula is C12H21N3O. The van der Waals surface area contributed by atoms with Crippen LogP contribution in [-0.2, 0) is 11.3 Å². The molecule has 90 valence electrons. The van der Waals surface area contributed by atoms with Crippen molar-refractivity contribution in [2.24, 2.45) is 5.41 Å². The van der Waals surface area contributed by atoms with Crippen molar-refractivity contribution in [2.75, 3.05) is 19.0 Å². The summed E-state index contributed by atoms with van der Waals surface area (Å²) in [4.78, 5) is 4.35. The Labute approximate surface area is 97.0 Å². The summed E-state index contributed by atoms with van der Waals surface area (Å²) in [6, 6.07) is 0.580. The van der Waals surface area contributed by atoms with Crippen molar-refractivity contribution >= 4 is 5.95 Å². The Morgan fingerprint density at radius 2 is 2.38 bits per heavy atom. The van der Waals surface area contributed by atoms with E-state index in [1.165, 1.54) is 6.42 Å². The second-order valence-electron chi connectivity index (χ2n) is 5.18. The Kier molecular flexibility index (Phi) is 3.19. The topological polar surface area (TPSA) is 39.1 Å². The molecule has 0 aliphatic heterocycles. The van der Waals surface area contributed by atoms with Gasteiger partial charge in [-0.25, -0.2) is 4.98 Å². The lowest BCUT2D eigenvalue weighted by molar-refractivity contribution is 0.190. The van der Waals surface area contributed by atoms with Crippen LogP contribution in [0.15, 0.2) is 12.4 Å². The third-order valence-corrected chi connectivity index (χ3v) is 3.28. The first kappa shape index (κ1) is 11.5. The van der Waals surface area contributed by atoms with Gasteiger partial charge in [-0.1, -0.05) is 13.8 Å². The summed E-state index contributed by atoms with van der Waals surface area (Å²) in [6.45, 7) is 6.32. The maximum absolute atomic E-state index is 5.05. The Bertz CT molecular complexity index is 346. The predicted molar refractivity (Wildman–Crippen MR) is 64.5 cm³/mol. The van der Waals surface area contributed by atoms with E-state index in [0.717, 1.165) is 25.5 Å². The third kappa shape index (κ3) is 2.55. The SMILES string of the molecule is COCCCn1ccnc1NC1CC1(C)C. The van der Waals surface area contributed by atoms with Crippen molar-refractivity contribution in [3.63, 3.8) is 0 Å². The molecule has 1 aliphatic carbocycles. The predicted octanol–water partition coefficient (Wildman–Crippen LogP) is 2.13. The zero-order valence-electron chi connectivity index (χ0n) is 10.4. The minimum Gasteiger partial charge on any atom is -0.385 e. The number of hydrogen-bond acceptors (Lipinski definition) is 3. The number of aryl methyl sites for hydroxylation is 1. The Morgan fingerprint density at radius 3 is 3.00 bits per heavy atom. The van der Waals surface area contributed by atoms with E-state index < -0.39 is 0 Å². The van der Waals surface area contributed by atoms with Gasteiger partial charge in [-0.3, -0.25) is 0 Å². The van der Waals surface area contributed by atoms with Crippen LogP contribution < -0.4 is 5.32 Å². The van der Waals surface area contributed by atoms with Gasteiger partial charge >= 0.3 is 0 Å². The molecule has 1 unspecified atom stereocenters. The molecule has 0 amide bonds. The molecule has 1 aliphatic rings. The van der Waals surface area contributed by atoms with E-state index in [1.807, 2.05) is 12.4 Å². The summed E-state index contributed by atoms with van der Waals surface area (Å²) in [5.41, 5.74) is 0.434. The van der Waals surface area contributed by atoms with Crippen molar-refractivity contribution in [1.29, 1.82) is 0 Å². The number of nitrogens with one attached hydrogen (secondary N) is 1. The van der Waals surface area contributed by atoms with Gasteiger partial charge in [0.25, 0.3) is 0 Å². The first-order valence-corrected chi connectivity index (χ1v) is 5.90. The molecule has 0 spiro atoms. The monoisotopic (exact) mass is 223 g/mol. The van der Waals surface area contributed by atoms with Gasteiger partial charge in [0.05, 0.1) is 0 Å². The number of methoxy groups -OCH3 is 1. The molecule has 1 aromatic rings. The van der Waals surface area contributed by atoms with Gasteiger partial charge in [0, 0.05) is 38.7 Å². The molecule has 1 heterocycles. The first-order valence-electron chi connectivity index (χ1n) is 5.90. The standard InChI is InChI=1S/C12H21N3O/c1-12(2)9-10(12)14-11-13-5-7-15(11)6-4-8-16-3/h5,7,10H,4,6,8-9H2,1-3H3,(H,13,14). The largest absolute Gasteiger partial charge is 0.385 e. The smallest absolute Gasteiger partial charge is 0.203 e. The molecule has 16 heavy (non-hydrogen) atoms. The Hall–Kier alpha value is -1.03. The number of hydrogen-bond donors (Lipinski definition) is 1. The van der Waals surface area contributed by atoms with E-state index in [9.17, 15) is 0 Å². The van der Waals surface area contributed by atoms with Gasteiger partial charge in [0.2, 0.25) is 5.95 Å². The number of imidazole rings is 1.